The molecule has 0 bridgehead atoms. The van der Waals surface area contributed by atoms with Gasteiger partial charge in [0.05, 0.1) is 15.2 Å². The van der Waals surface area contributed by atoms with Gasteiger partial charge in [0, 0.05) is 0 Å². The summed E-state index contributed by atoms with van der Waals surface area (Å²) in [5.74, 6) is 0.256. The summed E-state index contributed by atoms with van der Waals surface area (Å²) in [5.41, 5.74) is 2.40. The standard InChI is InChI=1S/C15H10INO/c16-14-9-11(6-7-15(14)18)8-13(10-17)12-4-2-1-3-5-12/h1-9,18H/b13-8+. The van der Waals surface area contributed by atoms with Crippen molar-refractivity contribution in [1.82, 2.24) is 0 Å². The van der Waals surface area contributed by atoms with Crippen LogP contribution in [0.2, 0.25) is 0 Å². The Morgan fingerprint density at radius 3 is 2.50 bits per heavy atom. The van der Waals surface area contributed by atoms with Gasteiger partial charge in [0.15, 0.2) is 0 Å². The number of hydrogen-bond acceptors (Lipinski definition) is 2. The smallest absolute Gasteiger partial charge is 0.128 e. The second kappa shape index (κ2) is 5.69. The van der Waals surface area contributed by atoms with Crippen molar-refractivity contribution >= 4 is 34.2 Å². The number of rotatable bonds is 2. The van der Waals surface area contributed by atoms with Crippen LogP contribution in [0.1, 0.15) is 11.1 Å². The van der Waals surface area contributed by atoms with Gasteiger partial charge in [-0.15, -0.1) is 0 Å². The first-order valence-electron chi connectivity index (χ1n) is 5.36. The fraction of sp³-hybridized carbons (Fsp3) is 0. The highest BCUT2D eigenvalue weighted by molar-refractivity contribution is 14.1. The van der Waals surface area contributed by atoms with Gasteiger partial charge in [-0.2, -0.15) is 5.26 Å². The van der Waals surface area contributed by atoms with E-state index in [1.54, 1.807) is 12.1 Å². The zero-order chi connectivity index (χ0) is 13.0. The number of phenolic OH excluding ortho intramolecular Hbond substituents is 1. The molecular weight excluding hydrogens is 337 g/mol. The Morgan fingerprint density at radius 2 is 1.89 bits per heavy atom. The van der Waals surface area contributed by atoms with E-state index in [0.717, 1.165) is 14.7 Å². The van der Waals surface area contributed by atoms with Crippen LogP contribution < -0.4 is 0 Å². The first-order chi connectivity index (χ1) is 8.70. The van der Waals surface area contributed by atoms with Crippen LogP contribution in [0.3, 0.4) is 0 Å². The zero-order valence-electron chi connectivity index (χ0n) is 9.47. The Labute approximate surface area is 119 Å². The minimum absolute atomic E-state index is 0.256. The summed E-state index contributed by atoms with van der Waals surface area (Å²) in [5, 5.41) is 18.7. The maximum atomic E-state index is 9.46. The van der Waals surface area contributed by atoms with Crippen molar-refractivity contribution in [3.8, 4) is 11.8 Å². The van der Waals surface area contributed by atoms with Crippen molar-refractivity contribution < 1.29 is 5.11 Å². The van der Waals surface area contributed by atoms with Crippen molar-refractivity contribution in [2.75, 3.05) is 0 Å². The van der Waals surface area contributed by atoms with E-state index in [0.29, 0.717) is 5.57 Å². The molecule has 0 aromatic heterocycles. The second-order valence-corrected chi connectivity index (χ2v) is 4.91. The Bertz CT molecular complexity index is 627. The number of benzene rings is 2. The molecule has 0 radical (unpaired) electrons. The predicted octanol–water partition coefficient (Wildman–Crippen LogP) is 4.06. The van der Waals surface area contributed by atoms with Crippen molar-refractivity contribution in [3.05, 3.63) is 63.2 Å². The van der Waals surface area contributed by atoms with Crippen molar-refractivity contribution in [1.29, 1.82) is 5.26 Å². The van der Waals surface area contributed by atoms with Crippen LogP contribution in [0.5, 0.6) is 5.75 Å². The average molecular weight is 347 g/mol. The van der Waals surface area contributed by atoms with Gasteiger partial charge < -0.3 is 5.11 Å². The largest absolute Gasteiger partial charge is 0.507 e. The van der Waals surface area contributed by atoms with Gasteiger partial charge in [-0.05, 0) is 51.9 Å². The van der Waals surface area contributed by atoms with Gasteiger partial charge in [-0.3, -0.25) is 0 Å². The van der Waals surface area contributed by atoms with Crippen LogP contribution >= 0.6 is 22.6 Å². The minimum Gasteiger partial charge on any atom is -0.507 e. The zero-order valence-corrected chi connectivity index (χ0v) is 11.6. The molecule has 0 amide bonds. The van der Waals surface area contributed by atoms with Gasteiger partial charge in [-0.1, -0.05) is 36.4 Å². The molecular formula is C15H10INO. The number of aromatic hydroxyl groups is 1. The van der Waals surface area contributed by atoms with Crippen LogP contribution in [0, 0.1) is 14.9 Å². The normalized spacial score (nSPS) is 11.0. The monoisotopic (exact) mass is 347 g/mol. The number of allylic oxidation sites excluding steroid dienone is 1. The van der Waals surface area contributed by atoms with E-state index in [1.165, 1.54) is 0 Å². The lowest BCUT2D eigenvalue weighted by molar-refractivity contribution is 0.471. The maximum absolute atomic E-state index is 9.46. The third-order valence-corrected chi connectivity index (χ3v) is 3.35. The molecule has 0 spiro atoms. The third kappa shape index (κ3) is 2.90. The molecule has 0 aliphatic heterocycles. The molecule has 88 valence electrons. The summed E-state index contributed by atoms with van der Waals surface area (Å²) >= 11 is 2.06. The lowest BCUT2D eigenvalue weighted by atomic mass is 10.0. The van der Waals surface area contributed by atoms with Crippen molar-refractivity contribution in [2.45, 2.75) is 0 Å². The van der Waals surface area contributed by atoms with E-state index in [1.807, 2.05) is 42.5 Å². The van der Waals surface area contributed by atoms with E-state index < -0.39 is 0 Å². The summed E-state index contributed by atoms with van der Waals surface area (Å²) in [4.78, 5) is 0. The minimum atomic E-state index is 0.256. The van der Waals surface area contributed by atoms with E-state index in [4.69, 9.17) is 0 Å². The quantitative estimate of drug-likeness (QED) is 0.506. The molecule has 18 heavy (non-hydrogen) atoms. The van der Waals surface area contributed by atoms with E-state index in [2.05, 4.69) is 28.7 Å². The SMILES string of the molecule is N#C/C(=C\c1ccc(O)c(I)c1)c1ccccc1. The molecule has 2 aromatic rings. The van der Waals surface area contributed by atoms with Crippen LogP contribution in [0.4, 0.5) is 0 Å². The summed E-state index contributed by atoms with van der Waals surface area (Å²) in [6.45, 7) is 0. The molecule has 2 rings (SSSR count). The van der Waals surface area contributed by atoms with Crippen LogP contribution in [0.25, 0.3) is 11.6 Å². The third-order valence-electron chi connectivity index (χ3n) is 2.49. The van der Waals surface area contributed by atoms with Crippen molar-refractivity contribution in [3.63, 3.8) is 0 Å². The molecule has 0 atom stereocenters. The van der Waals surface area contributed by atoms with E-state index >= 15 is 0 Å². The van der Waals surface area contributed by atoms with Gasteiger partial charge in [0.25, 0.3) is 0 Å². The number of halogens is 1. The van der Waals surface area contributed by atoms with Gasteiger partial charge in [0.2, 0.25) is 0 Å². The lowest BCUT2D eigenvalue weighted by Crippen LogP contribution is -1.82. The van der Waals surface area contributed by atoms with Gasteiger partial charge in [0.1, 0.15) is 5.75 Å². The first-order valence-corrected chi connectivity index (χ1v) is 6.44. The second-order valence-electron chi connectivity index (χ2n) is 3.75. The average Bonchev–Trinajstić information content (AvgIpc) is 2.41. The number of hydrogen-bond donors (Lipinski definition) is 1. The van der Waals surface area contributed by atoms with Gasteiger partial charge in [-0.25, -0.2) is 0 Å². The molecule has 0 saturated heterocycles. The predicted molar refractivity (Wildman–Crippen MR) is 80.7 cm³/mol. The highest BCUT2D eigenvalue weighted by atomic mass is 127. The van der Waals surface area contributed by atoms with Crippen LogP contribution in [-0.4, -0.2) is 5.11 Å². The van der Waals surface area contributed by atoms with Gasteiger partial charge >= 0.3 is 0 Å². The molecule has 1 N–H and O–H groups in total. The van der Waals surface area contributed by atoms with E-state index in [-0.39, 0.29) is 5.75 Å². The molecule has 3 heteroatoms. The molecule has 2 aromatic carbocycles. The Hall–Kier alpha value is -1.80. The molecule has 0 aliphatic carbocycles. The summed E-state index contributed by atoms with van der Waals surface area (Å²) in [6, 6.07) is 17.0. The Kier molecular flexibility index (Phi) is 4.00. The fourth-order valence-electron chi connectivity index (χ4n) is 1.58. The number of nitriles is 1. The molecule has 0 fully saturated rings. The maximum Gasteiger partial charge on any atom is 0.128 e. The van der Waals surface area contributed by atoms with Crippen LogP contribution in [0.15, 0.2) is 48.5 Å². The summed E-state index contributed by atoms with van der Waals surface area (Å²) < 4.78 is 0.770. The number of phenols is 1. The van der Waals surface area contributed by atoms with Crippen LogP contribution in [-0.2, 0) is 0 Å². The summed E-state index contributed by atoms with van der Waals surface area (Å²) in [7, 11) is 0. The topological polar surface area (TPSA) is 44.0 Å². The Morgan fingerprint density at radius 1 is 1.17 bits per heavy atom. The van der Waals surface area contributed by atoms with Crippen molar-refractivity contribution in [2.24, 2.45) is 0 Å². The summed E-state index contributed by atoms with van der Waals surface area (Å²) in [6.07, 6.45) is 1.82. The highest BCUT2D eigenvalue weighted by Crippen LogP contribution is 2.23. The molecule has 0 saturated carbocycles. The molecule has 0 aliphatic rings. The lowest BCUT2D eigenvalue weighted by Gasteiger charge is -2.01. The molecule has 2 nitrogen and oxygen atoms in total. The first kappa shape index (κ1) is 12.7. The highest BCUT2D eigenvalue weighted by Gasteiger charge is 2.02. The Balaban J connectivity index is 2.42. The van der Waals surface area contributed by atoms with E-state index in [9.17, 15) is 10.4 Å². The number of nitrogens with zero attached hydrogens (tertiary/aromatic N) is 1. The fourth-order valence-corrected chi connectivity index (χ4v) is 2.12. The molecule has 0 heterocycles. The molecule has 0 unspecified atom stereocenters.